The van der Waals surface area contributed by atoms with E-state index in [1.54, 1.807) is 6.20 Å². The molecular weight excluding hydrogens is 470 g/mol. The van der Waals surface area contributed by atoms with Gasteiger partial charge in [0.15, 0.2) is 0 Å². The number of para-hydroxylation sites is 2. The highest BCUT2D eigenvalue weighted by molar-refractivity contribution is 5.72. The third-order valence-electron chi connectivity index (χ3n) is 8.02. The van der Waals surface area contributed by atoms with Gasteiger partial charge in [0.25, 0.3) is 0 Å². The van der Waals surface area contributed by atoms with Crippen LogP contribution in [0.4, 0.5) is 5.69 Å². The Labute approximate surface area is 227 Å². The average Bonchev–Trinajstić information content (AvgIpc) is 2.97. The summed E-state index contributed by atoms with van der Waals surface area (Å²) >= 11 is 0. The third-order valence-corrected chi connectivity index (χ3v) is 8.02. The molecule has 5 nitrogen and oxygen atoms in total. The molecule has 1 saturated carbocycles. The first kappa shape index (κ1) is 26.5. The first-order valence-electron chi connectivity index (χ1n) is 14.2. The Morgan fingerprint density at radius 3 is 2.61 bits per heavy atom. The summed E-state index contributed by atoms with van der Waals surface area (Å²) in [5.41, 5.74) is 4.99. The van der Waals surface area contributed by atoms with Crippen molar-refractivity contribution in [2.45, 2.75) is 57.1 Å². The molecule has 2 aliphatic rings. The maximum atomic E-state index is 10.9. The van der Waals surface area contributed by atoms with Crippen molar-refractivity contribution in [2.75, 3.05) is 37.7 Å². The van der Waals surface area contributed by atoms with E-state index in [1.807, 2.05) is 54.7 Å². The molecule has 200 valence electrons. The van der Waals surface area contributed by atoms with E-state index in [4.69, 9.17) is 4.74 Å². The van der Waals surface area contributed by atoms with Gasteiger partial charge in [-0.2, -0.15) is 0 Å². The summed E-state index contributed by atoms with van der Waals surface area (Å²) in [6.07, 6.45) is 13.9. The zero-order valence-corrected chi connectivity index (χ0v) is 22.6. The zero-order valence-electron chi connectivity index (χ0n) is 22.6. The van der Waals surface area contributed by atoms with Crippen LogP contribution in [0.5, 0.6) is 5.75 Å². The molecule has 38 heavy (non-hydrogen) atoms. The van der Waals surface area contributed by atoms with Crippen molar-refractivity contribution in [3.8, 4) is 5.75 Å². The first-order valence-corrected chi connectivity index (χ1v) is 14.2. The van der Waals surface area contributed by atoms with Gasteiger partial charge in [-0.05, 0) is 55.0 Å². The van der Waals surface area contributed by atoms with E-state index in [2.05, 4.69) is 46.0 Å². The summed E-state index contributed by atoms with van der Waals surface area (Å²) in [5, 5.41) is 10.9. The first-order chi connectivity index (χ1) is 18.7. The normalized spacial score (nSPS) is 20.1. The lowest BCUT2D eigenvalue weighted by Crippen LogP contribution is -2.54. The number of anilines is 1. The maximum absolute atomic E-state index is 10.9. The highest BCUT2D eigenvalue weighted by Crippen LogP contribution is 2.38. The van der Waals surface area contributed by atoms with E-state index in [-0.39, 0.29) is 6.61 Å². The van der Waals surface area contributed by atoms with Crippen LogP contribution in [0.1, 0.15) is 61.6 Å². The van der Waals surface area contributed by atoms with Crippen LogP contribution in [0.15, 0.2) is 73.1 Å². The number of benzene rings is 2. The number of hydrogen-bond acceptors (Lipinski definition) is 5. The second kappa shape index (κ2) is 13.1. The highest BCUT2D eigenvalue weighted by Gasteiger charge is 2.28. The molecule has 1 N–H and O–H groups in total. The van der Waals surface area contributed by atoms with Crippen molar-refractivity contribution in [1.29, 1.82) is 0 Å². The second-order valence-corrected chi connectivity index (χ2v) is 10.8. The molecule has 2 atom stereocenters. The van der Waals surface area contributed by atoms with Gasteiger partial charge in [0.05, 0.1) is 0 Å². The molecule has 2 fully saturated rings. The van der Waals surface area contributed by atoms with Gasteiger partial charge >= 0.3 is 0 Å². The lowest BCUT2D eigenvalue weighted by molar-refractivity contribution is 0.0511. The van der Waals surface area contributed by atoms with E-state index in [0.717, 1.165) is 36.5 Å². The number of ether oxygens (including phenoxy) is 1. The standard InChI is InChI=1S/C33H41N3O2/c1-26-23-36(32-15-7-6-14-31(32)28-11-3-2-4-12-28)21-20-35(26)24-30(37)25-38-33-16-8-5-13-29(33)18-17-27-10-9-19-34-22-27/h5-10,13-19,22,26,28,30,37H,2-4,11-12,20-21,23-25H2,1H3/b18-17+. The summed E-state index contributed by atoms with van der Waals surface area (Å²) in [6, 6.07) is 21.3. The van der Waals surface area contributed by atoms with E-state index in [0.29, 0.717) is 18.5 Å². The number of piperazine rings is 1. The Hall–Kier alpha value is -3.15. The molecule has 5 heteroatoms. The predicted octanol–water partition coefficient (Wildman–Crippen LogP) is 6.25. The van der Waals surface area contributed by atoms with E-state index < -0.39 is 6.10 Å². The molecule has 2 unspecified atom stereocenters. The van der Waals surface area contributed by atoms with Crippen LogP contribution in [-0.4, -0.2) is 59.9 Å². The van der Waals surface area contributed by atoms with Crippen LogP contribution in [0, 0.1) is 0 Å². The summed E-state index contributed by atoms with van der Waals surface area (Å²) in [5.74, 6) is 1.48. The fraction of sp³-hybridized carbons (Fsp3) is 0.424. The largest absolute Gasteiger partial charge is 0.490 e. The molecule has 1 saturated heterocycles. The summed E-state index contributed by atoms with van der Waals surface area (Å²) < 4.78 is 6.08. The van der Waals surface area contributed by atoms with Gasteiger partial charge in [-0.25, -0.2) is 0 Å². The van der Waals surface area contributed by atoms with Gasteiger partial charge in [-0.15, -0.1) is 0 Å². The number of β-amino-alcohol motifs (C(OH)–C–C–N with tert-alkyl or cyclic N) is 1. The minimum absolute atomic E-state index is 0.273. The van der Waals surface area contributed by atoms with Gasteiger partial charge in [0.1, 0.15) is 18.5 Å². The van der Waals surface area contributed by atoms with E-state index in [9.17, 15) is 5.11 Å². The van der Waals surface area contributed by atoms with Crippen LogP contribution in [-0.2, 0) is 0 Å². The molecule has 2 heterocycles. The van der Waals surface area contributed by atoms with E-state index in [1.165, 1.54) is 43.4 Å². The Kier molecular flexibility index (Phi) is 9.11. The van der Waals surface area contributed by atoms with Crippen molar-refractivity contribution in [2.24, 2.45) is 0 Å². The van der Waals surface area contributed by atoms with Crippen molar-refractivity contribution >= 4 is 17.8 Å². The summed E-state index contributed by atoms with van der Waals surface area (Å²) in [4.78, 5) is 9.14. The summed E-state index contributed by atoms with van der Waals surface area (Å²) in [7, 11) is 0. The van der Waals surface area contributed by atoms with Crippen LogP contribution >= 0.6 is 0 Å². The van der Waals surface area contributed by atoms with Crippen molar-refractivity contribution in [3.63, 3.8) is 0 Å². The fourth-order valence-electron chi connectivity index (χ4n) is 5.94. The SMILES string of the molecule is CC1CN(c2ccccc2C2CCCCC2)CCN1CC(O)COc1ccccc1/C=C/c1cccnc1. The Balaban J connectivity index is 1.15. The molecule has 1 aliphatic carbocycles. The number of aliphatic hydroxyl groups excluding tert-OH is 1. The average molecular weight is 512 g/mol. The third kappa shape index (κ3) is 6.83. The molecule has 0 bridgehead atoms. The molecule has 1 aliphatic heterocycles. The molecule has 2 aromatic carbocycles. The minimum atomic E-state index is -0.547. The smallest absolute Gasteiger partial charge is 0.126 e. The van der Waals surface area contributed by atoms with Gasteiger partial charge in [-0.1, -0.05) is 73.9 Å². The van der Waals surface area contributed by atoms with Crippen LogP contribution in [0.25, 0.3) is 12.2 Å². The molecular formula is C33H41N3O2. The molecule has 1 aromatic heterocycles. The molecule has 5 rings (SSSR count). The van der Waals surface area contributed by atoms with Gasteiger partial charge < -0.3 is 14.7 Å². The summed E-state index contributed by atoms with van der Waals surface area (Å²) in [6.45, 7) is 6.09. The van der Waals surface area contributed by atoms with Gasteiger partial charge in [0, 0.05) is 55.9 Å². The Morgan fingerprint density at radius 1 is 0.974 bits per heavy atom. The quantitative estimate of drug-likeness (QED) is 0.368. The lowest BCUT2D eigenvalue weighted by atomic mass is 9.83. The number of rotatable bonds is 9. The second-order valence-electron chi connectivity index (χ2n) is 10.8. The molecule has 0 amide bonds. The zero-order chi connectivity index (χ0) is 26.2. The van der Waals surface area contributed by atoms with Crippen LogP contribution < -0.4 is 9.64 Å². The Morgan fingerprint density at radius 2 is 1.79 bits per heavy atom. The van der Waals surface area contributed by atoms with Gasteiger partial charge in [0.2, 0.25) is 0 Å². The topological polar surface area (TPSA) is 48.8 Å². The number of aliphatic hydroxyl groups is 1. The predicted molar refractivity (Wildman–Crippen MR) is 157 cm³/mol. The van der Waals surface area contributed by atoms with Gasteiger partial charge in [-0.3, -0.25) is 9.88 Å². The molecule has 3 aromatic rings. The van der Waals surface area contributed by atoms with Crippen molar-refractivity contribution in [1.82, 2.24) is 9.88 Å². The molecule has 0 spiro atoms. The monoisotopic (exact) mass is 511 g/mol. The van der Waals surface area contributed by atoms with Crippen LogP contribution in [0.2, 0.25) is 0 Å². The molecule has 0 radical (unpaired) electrons. The van der Waals surface area contributed by atoms with Crippen LogP contribution in [0.3, 0.4) is 0 Å². The minimum Gasteiger partial charge on any atom is -0.490 e. The maximum Gasteiger partial charge on any atom is 0.126 e. The number of aromatic nitrogens is 1. The highest BCUT2D eigenvalue weighted by atomic mass is 16.5. The number of hydrogen-bond donors (Lipinski definition) is 1. The fourth-order valence-corrected chi connectivity index (χ4v) is 5.94. The number of nitrogens with zero attached hydrogens (tertiary/aromatic N) is 3. The Bertz CT molecular complexity index is 1180. The lowest BCUT2D eigenvalue weighted by Gasteiger charge is -2.43. The van der Waals surface area contributed by atoms with E-state index >= 15 is 0 Å². The number of pyridine rings is 1. The van der Waals surface area contributed by atoms with Crippen molar-refractivity contribution in [3.05, 3.63) is 89.7 Å². The van der Waals surface area contributed by atoms with Crippen molar-refractivity contribution < 1.29 is 9.84 Å².